The number of aromatic amines is 1. The van der Waals surface area contributed by atoms with Crippen molar-refractivity contribution in [3.05, 3.63) is 52.0 Å². The minimum Gasteiger partial charge on any atom is -0.381 e. The average Bonchev–Trinajstić information content (AvgIpc) is 3.06. The second kappa shape index (κ2) is 6.76. The molecule has 0 amide bonds. The molecule has 0 saturated carbocycles. The van der Waals surface area contributed by atoms with Crippen LogP contribution in [0.25, 0.3) is 11.0 Å². The van der Waals surface area contributed by atoms with Crippen LogP contribution in [0.4, 0.5) is 13.2 Å². The summed E-state index contributed by atoms with van der Waals surface area (Å²) in [6, 6.07) is 1.94. The van der Waals surface area contributed by atoms with Crippen LogP contribution >= 0.6 is 0 Å². The van der Waals surface area contributed by atoms with Crippen LogP contribution in [-0.4, -0.2) is 37.9 Å². The van der Waals surface area contributed by atoms with Gasteiger partial charge < -0.3 is 9.72 Å². The standard InChI is InChI=1S/C17H16F3N5O2/c18-17(19,20)10-1-4-21-11(7-10)8-14-23-15-13(16(26)24-14)9-22-25(15)12-2-5-27-6-3-12/h1,4,7,9,12H,2-3,5-6,8H2,(H,23,24,26). The number of aromatic nitrogens is 5. The van der Waals surface area contributed by atoms with Gasteiger partial charge in [0, 0.05) is 31.5 Å². The SMILES string of the molecule is O=c1[nH]c(Cc2cc(C(F)(F)F)ccn2)nc2c1cnn2C1CCOCC1. The van der Waals surface area contributed by atoms with E-state index in [4.69, 9.17) is 4.74 Å². The molecule has 0 aromatic carbocycles. The third-order valence-electron chi connectivity index (χ3n) is 4.54. The zero-order chi connectivity index (χ0) is 19.0. The molecule has 10 heteroatoms. The Morgan fingerprint density at radius 2 is 2.07 bits per heavy atom. The van der Waals surface area contributed by atoms with Crippen LogP contribution in [0.2, 0.25) is 0 Å². The van der Waals surface area contributed by atoms with Crippen molar-refractivity contribution < 1.29 is 17.9 Å². The fraction of sp³-hybridized carbons (Fsp3) is 0.412. The fourth-order valence-corrected chi connectivity index (χ4v) is 3.18. The number of fused-ring (bicyclic) bond motifs is 1. The van der Waals surface area contributed by atoms with Gasteiger partial charge in [0.15, 0.2) is 5.65 Å². The number of rotatable bonds is 3. The van der Waals surface area contributed by atoms with Crippen molar-refractivity contribution in [2.24, 2.45) is 0 Å². The van der Waals surface area contributed by atoms with Crippen LogP contribution in [0, 0.1) is 0 Å². The Labute approximate surface area is 151 Å². The first-order chi connectivity index (χ1) is 12.9. The summed E-state index contributed by atoms with van der Waals surface area (Å²) in [5, 5.41) is 4.64. The van der Waals surface area contributed by atoms with Crippen molar-refractivity contribution in [3.8, 4) is 0 Å². The molecule has 4 rings (SSSR count). The topological polar surface area (TPSA) is 85.7 Å². The quantitative estimate of drug-likeness (QED) is 0.756. The molecule has 0 bridgehead atoms. The predicted molar refractivity (Wildman–Crippen MR) is 89.3 cm³/mol. The van der Waals surface area contributed by atoms with E-state index in [0.29, 0.717) is 24.2 Å². The highest BCUT2D eigenvalue weighted by Crippen LogP contribution is 2.29. The number of pyridine rings is 1. The van der Waals surface area contributed by atoms with Crippen molar-refractivity contribution >= 4 is 11.0 Å². The van der Waals surface area contributed by atoms with Crippen molar-refractivity contribution in [1.82, 2.24) is 24.7 Å². The summed E-state index contributed by atoms with van der Waals surface area (Å²) in [5.41, 5.74) is -0.569. The fourth-order valence-electron chi connectivity index (χ4n) is 3.18. The number of hydrogen-bond acceptors (Lipinski definition) is 5. The van der Waals surface area contributed by atoms with Crippen molar-refractivity contribution in [3.63, 3.8) is 0 Å². The molecule has 3 aromatic heterocycles. The Balaban J connectivity index is 1.69. The van der Waals surface area contributed by atoms with Gasteiger partial charge in [-0.2, -0.15) is 18.3 Å². The first-order valence-corrected chi connectivity index (χ1v) is 8.48. The first-order valence-electron chi connectivity index (χ1n) is 8.48. The van der Waals surface area contributed by atoms with Crippen LogP contribution in [0.3, 0.4) is 0 Å². The summed E-state index contributed by atoms with van der Waals surface area (Å²) >= 11 is 0. The van der Waals surface area contributed by atoms with Gasteiger partial charge in [-0.05, 0) is 25.0 Å². The Morgan fingerprint density at radius 1 is 1.30 bits per heavy atom. The monoisotopic (exact) mass is 379 g/mol. The molecular formula is C17H16F3N5O2. The number of hydrogen-bond donors (Lipinski definition) is 1. The minimum atomic E-state index is -4.45. The second-order valence-electron chi connectivity index (χ2n) is 6.39. The lowest BCUT2D eigenvalue weighted by Gasteiger charge is -2.22. The van der Waals surface area contributed by atoms with Gasteiger partial charge in [-0.3, -0.25) is 9.78 Å². The highest BCUT2D eigenvalue weighted by Gasteiger charge is 2.30. The Bertz CT molecular complexity index is 1020. The molecule has 142 valence electrons. The highest BCUT2D eigenvalue weighted by molar-refractivity contribution is 5.73. The van der Waals surface area contributed by atoms with Gasteiger partial charge in [-0.15, -0.1) is 0 Å². The Hall–Kier alpha value is -2.75. The average molecular weight is 379 g/mol. The third-order valence-corrected chi connectivity index (χ3v) is 4.54. The summed E-state index contributed by atoms with van der Waals surface area (Å²) in [5.74, 6) is 0.244. The third kappa shape index (κ3) is 3.57. The second-order valence-corrected chi connectivity index (χ2v) is 6.39. The lowest BCUT2D eigenvalue weighted by molar-refractivity contribution is -0.137. The van der Waals surface area contributed by atoms with E-state index >= 15 is 0 Å². The molecule has 1 aliphatic heterocycles. The van der Waals surface area contributed by atoms with Crippen LogP contribution in [0.1, 0.15) is 36.0 Å². The normalized spacial score (nSPS) is 16.1. The molecule has 27 heavy (non-hydrogen) atoms. The molecular weight excluding hydrogens is 363 g/mol. The maximum Gasteiger partial charge on any atom is 0.416 e. The van der Waals surface area contributed by atoms with E-state index in [9.17, 15) is 18.0 Å². The molecule has 1 fully saturated rings. The van der Waals surface area contributed by atoms with Gasteiger partial charge in [0.1, 0.15) is 11.2 Å². The maximum absolute atomic E-state index is 12.9. The Morgan fingerprint density at radius 3 is 2.81 bits per heavy atom. The molecule has 0 atom stereocenters. The van der Waals surface area contributed by atoms with E-state index in [-0.39, 0.29) is 29.5 Å². The number of H-pyrrole nitrogens is 1. The molecule has 1 saturated heterocycles. The highest BCUT2D eigenvalue weighted by atomic mass is 19.4. The molecule has 7 nitrogen and oxygen atoms in total. The molecule has 1 aliphatic rings. The van der Waals surface area contributed by atoms with Crippen LogP contribution in [0.15, 0.2) is 29.3 Å². The van der Waals surface area contributed by atoms with Crippen LogP contribution in [-0.2, 0) is 17.3 Å². The molecule has 4 heterocycles. The van der Waals surface area contributed by atoms with Gasteiger partial charge in [0.05, 0.1) is 17.8 Å². The lowest BCUT2D eigenvalue weighted by Crippen LogP contribution is -2.21. The zero-order valence-electron chi connectivity index (χ0n) is 14.2. The first kappa shape index (κ1) is 17.7. The minimum absolute atomic E-state index is 0.0198. The van der Waals surface area contributed by atoms with Gasteiger partial charge in [0.2, 0.25) is 0 Å². The van der Waals surface area contributed by atoms with Gasteiger partial charge >= 0.3 is 6.18 Å². The molecule has 0 unspecified atom stereocenters. The number of alkyl halides is 3. The Kier molecular flexibility index (Phi) is 4.42. The van der Waals surface area contributed by atoms with E-state index in [0.717, 1.165) is 31.2 Å². The number of nitrogens with zero attached hydrogens (tertiary/aromatic N) is 4. The van der Waals surface area contributed by atoms with Gasteiger partial charge in [-0.1, -0.05) is 0 Å². The van der Waals surface area contributed by atoms with E-state index in [1.165, 1.54) is 6.20 Å². The van der Waals surface area contributed by atoms with Gasteiger partial charge in [-0.25, -0.2) is 9.67 Å². The van der Waals surface area contributed by atoms with Crippen molar-refractivity contribution in [2.45, 2.75) is 31.5 Å². The molecule has 1 N–H and O–H groups in total. The van der Waals surface area contributed by atoms with Crippen LogP contribution < -0.4 is 5.56 Å². The van der Waals surface area contributed by atoms with Crippen LogP contribution in [0.5, 0.6) is 0 Å². The number of ether oxygens (including phenoxy) is 1. The molecule has 3 aromatic rings. The zero-order valence-corrected chi connectivity index (χ0v) is 14.2. The summed E-state index contributed by atoms with van der Waals surface area (Å²) in [4.78, 5) is 23.3. The largest absolute Gasteiger partial charge is 0.416 e. The van der Waals surface area contributed by atoms with E-state index in [1.807, 2.05) is 0 Å². The summed E-state index contributed by atoms with van der Waals surface area (Å²) in [6.45, 7) is 1.21. The molecule has 0 radical (unpaired) electrons. The van der Waals surface area contributed by atoms with E-state index in [2.05, 4.69) is 20.1 Å². The van der Waals surface area contributed by atoms with E-state index < -0.39 is 11.7 Å². The summed E-state index contributed by atoms with van der Waals surface area (Å²) < 4.78 is 45.7. The summed E-state index contributed by atoms with van der Waals surface area (Å²) in [6.07, 6.45) is -0.395. The van der Waals surface area contributed by atoms with E-state index in [1.54, 1.807) is 4.68 Å². The summed E-state index contributed by atoms with van der Waals surface area (Å²) in [7, 11) is 0. The lowest BCUT2D eigenvalue weighted by atomic mass is 10.1. The molecule has 0 aliphatic carbocycles. The van der Waals surface area contributed by atoms with Crippen molar-refractivity contribution in [2.75, 3.05) is 13.2 Å². The molecule has 0 spiro atoms. The number of nitrogens with one attached hydrogen (secondary N) is 1. The smallest absolute Gasteiger partial charge is 0.381 e. The van der Waals surface area contributed by atoms with Gasteiger partial charge in [0.25, 0.3) is 5.56 Å². The van der Waals surface area contributed by atoms with Crippen molar-refractivity contribution in [1.29, 1.82) is 0 Å². The maximum atomic E-state index is 12.9. The number of halogens is 3. The predicted octanol–water partition coefficient (Wildman–Crippen LogP) is 2.48.